The Bertz CT molecular complexity index is 978. The molecule has 7 heteroatoms. The maximum absolute atomic E-state index is 12.3. The SMILES string of the molecule is O=C1NC(=NC2CC2)SC1=Cc1ccc2nccc(OC3CCNCC3)c2c1. The Morgan fingerprint density at radius 3 is 2.86 bits per heavy atom. The van der Waals surface area contributed by atoms with Gasteiger partial charge < -0.3 is 15.4 Å². The van der Waals surface area contributed by atoms with Crippen molar-refractivity contribution in [2.24, 2.45) is 4.99 Å². The lowest BCUT2D eigenvalue weighted by Crippen LogP contribution is -2.34. The predicted octanol–water partition coefficient (Wildman–Crippen LogP) is 3.09. The quantitative estimate of drug-likeness (QED) is 0.780. The van der Waals surface area contributed by atoms with Gasteiger partial charge >= 0.3 is 0 Å². The molecule has 1 aliphatic carbocycles. The van der Waals surface area contributed by atoms with Crippen LogP contribution >= 0.6 is 11.8 Å². The van der Waals surface area contributed by atoms with Crippen molar-refractivity contribution < 1.29 is 9.53 Å². The van der Waals surface area contributed by atoms with E-state index in [1.54, 1.807) is 6.20 Å². The Hall–Kier alpha value is -2.38. The average molecular weight is 395 g/mol. The van der Waals surface area contributed by atoms with Crippen molar-refractivity contribution in [2.75, 3.05) is 13.1 Å². The van der Waals surface area contributed by atoms with E-state index in [1.165, 1.54) is 11.8 Å². The summed E-state index contributed by atoms with van der Waals surface area (Å²) in [7, 11) is 0. The Kier molecular flexibility index (Phi) is 4.78. The Balaban J connectivity index is 1.42. The van der Waals surface area contributed by atoms with Crippen LogP contribution in [0.5, 0.6) is 5.75 Å². The number of carbonyl (C=O) groups excluding carboxylic acids is 1. The van der Waals surface area contributed by atoms with Crippen LogP contribution in [0.4, 0.5) is 0 Å². The van der Waals surface area contributed by atoms with Gasteiger partial charge in [0.25, 0.3) is 5.91 Å². The highest BCUT2D eigenvalue weighted by molar-refractivity contribution is 8.18. The fraction of sp³-hybridized carbons (Fsp3) is 0.381. The van der Waals surface area contributed by atoms with Crippen LogP contribution < -0.4 is 15.4 Å². The second-order valence-corrected chi connectivity index (χ2v) is 8.41. The number of fused-ring (bicyclic) bond motifs is 1. The van der Waals surface area contributed by atoms with Gasteiger partial charge in [-0.15, -0.1) is 0 Å². The normalized spacial score (nSPS) is 23.5. The molecule has 3 fully saturated rings. The van der Waals surface area contributed by atoms with Gasteiger partial charge in [-0.05, 0) is 80.4 Å². The second kappa shape index (κ2) is 7.56. The first kappa shape index (κ1) is 17.7. The van der Waals surface area contributed by atoms with Crippen LogP contribution in [0.3, 0.4) is 0 Å². The zero-order valence-corrected chi connectivity index (χ0v) is 16.3. The maximum Gasteiger partial charge on any atom is 0.264 e. The number of pyridine rings is 1. The summed E-state index contributed by atoms with van der Waals surface area (Å²) < 4.78 is 6.28. The lowest BCUT2D eigenvalue weighted by molar-refractivity contribution is -0.115. The number of carbonyl (C=O) groups is 1. The third-order valence-corrected chi connectivity index (χ3v) is 6.02. The number of nitrogens with zero attached hydrogens (tertiary/aromatic N) is 2. The highest BCUT2D eigenvalue weighted by atomic mass is 32.2. The first-order chi connectivity index (χ1) is 13.7. The van der Waals surface area contributed by atoms with E-state index in [0.717, 1.165) is 66.2 Å². The molecule has 3 heterocycles. The van der Waals surface area contributed by atoms with Crippen molar-refractivity contribution >= 4 is 39.8 Å². The van der Waals surface area contributed by atoms with E-state index in [9.17, 15) is 4.79 Å². The molecule has 1 aromatic heterocycles. The number of amides is 1. The molecule has 1 aromatic carbocycles. The summed E-state index contributed by atoms with van der Waals surface area (Å²) in [6.45, 7) is 1.98. The van der Waals surface area contributed by atoms with E-state index < -0.39 is 0 Å². The molecule has 5 rings (SSSR count). The summed E-state index contributed by atoms with van der Waals surface area (Å²) in [5, 5.41) is 7.92. The number of aliphatic imine (C=N–C) groups is 1. The summed E-state index contributed by atoms with van der Waals surface area (Å²) in [5.74, 6) is 0.776. The Labute approximate surface area is 167 Å². The van der Waals surface area contributed by atoms with E-state index in [2.05, 4.69) is 26.7 Å². The van der Waals surface area contributed by atoms with Gasteiger partial charge in [-0.2, -0.15) is 0 Å². The van der Waals surface area contributed by atoms with Crippen LogP contribution in [0.2, 0.25) is 0 Å². The van der Waals surface area contributed by atoms with Gasteiger partial charge in [-0.3, -0.25) is 14.8 Å². The molecule has 1 saturated carbocycles. The van der Waals surface area contributed by atoms with Crippen LogP contribution in [-0.2, 0) is 4.79 Å². The van der Waals surface area contributed by atoms with Crippen molar-refractivity contribution in [3.63, 3.8) is 0 Å². The summed E-state index contributed by atoms with van der Waals surface area (Å²) in [4.78, 5) is 21.9. The van der Waals surface area contributed by atoms with Gasteiger partial charge in [0, 0.05) is 11.6 Å². The van der Waals surface area contributed by atoms with Crippen LogP contribution in [0.15, 0.2) is 40.4 Å². The van der Waals surface area contributed by atoms with E-state index in [4.69, 9.17) is 4.74 Å². The first-order valence-corrected chi connectivity index (χ1v) is 10.6. The molecular formula is C21H22N4O2S. The zero-order valence-electron chi connectivity index (χ0n) is 15.5. The fourth-order valence-electron chi connectivity index (χ4n) is 3.43. The van der Waals surface area contributed by atoms with Crippen LogP contribution in [0.1, 0.15) is 31.2 Å². The lowest BCUT2D eigenvalue weighted by atomic mass is 10.1. The molecule has 2 saturated heterocycles. The molecule has 0 bridgehead atoms. The van der Waals surface area contributed by atoms with Crippen LogP contribution in [0, 0.1) is 0 Å². The van der Waals surface area contributed by atoms with Gasteiger partial charge in [0.15, 0.2) is 5.17 Å². The lowest BCUT2D eigenvalue weighted by Gasteiger charge is -2.24. The van der Waals surface area contributed by atoms with Gasteiger partial charge in [0.2, 0.25) is 0 Å². The third-order valence-electron chi connectivity index (χ3n) is 5.10. The number of thioether (sulfide) groups is 1. The number of hydrogen-bond acceptors (Lipinski definition) is 6. The average Bonchev–Trinajstić information content (AvgIpc) is 3.46. The van der Waals surface area contributed by atoms with Gasteiger partial charge in [0.05, 0.1) is 16.5 Å². The fourth-order valence-corrected chi connectivity index (χ4v) is 4.33. The van der Waals surface area contributed by atoms with Crippen LogP contribution in [-0.4, -0.2) is 41.3 Å². The van der Waals surface area contributed by atoms with Gasteiger partial charge in [0.1, 0.15) is 11.9 Å². The monoisotopic (exact) mass is 394 g/mol. The largest absolute Gasteiger partial charge is 0.490 e. The number of ether oxygens (including phenoxy) is 1. The topological polar surface area (TPSA) is 75.6 Å². The molecule has 28 heavy (non-hydrogen) atoms. The first-order valence-electron chi connectivity index (χ1n) is 9.79. The van der Waals surface area contributed by atoms with Crippen molar-refractivity contribution in [2.45, 2.75) is 37.8 Å². The minimum Gasteiger partial charge on any atom is -0.490 e. The van der Waals surface area contributed by atoms with Gasteiger partial charge in [-0.1, -0.05) is 6.07 Å². The molecule has 0 spiro atoms. The van der Waals surface area contributed by atoms with Crippen LogP contribution in [0.25, 0.3) is 17.0 Å². The summed E-state index contributed by atoms with van der Waals surface area (Å²) in [6.07, 6.45) is 8.19. The summed E-state index contributed by atoms with van der Waals surface area (Å²) in [5.41, 5.74) is 1.86. The minimum absolute atomic E-state index is 0.0816. The van der Waals surface area contributed by atoms with E-state index in [-0.39, 0.29) is 12.0 Å². The number of nitrogens with one attached hydrogen (secondary N) is 2. The van der Waals surface area contributed by atoms with Crippen molar-refractivity contribution in [1.82, 2.24) is 15.6 Å². The van der Waals surface area contributed by atoms with E-state index >= 15 is 0 Å². The number of rotatable bonds is 4. The number of hydrogen-bond donors (Lipinski definition) is 2. The maximum atomic E-state index is 12.3. The van der Waals surface area contributed by atoms with E-state index in [1.807, 2.05) is 24.3 Å². The van der Waals surface area contributed by atoms with Crippen molar-refractivity contribution in [1.29, 1.82) is 0 Å². The summed E-state index contributed by atoms with van der Waals surface area (Å²) in [6, 6.07) is 8.34. The predicted molar refractivity (Wildman–Crippen MR) is 112 cm³/mol. The minimum atomic E-state index is -0.0816. The molecule has 2 aliphatic heterocycles. The molecule has 2 aromatic rings. The zero-order chi connectivity index (χ0) is 18.9. The van der Waals surface area contributed by atoms with Crippen molar-refractivity contribution in [3.05, 3.63) is 40.9 Å². The molecule has 6 nitrogen and oxygen atoms in total. The standard InChI is InChI=1S/C21H22N4O2S/c26-20-19(28-21(25-20)24-14-2-3-14)12-13-1-4-17-16(11-13)18(7-10-23-17)27-15-5-8-22-9-6-15/h1,4,7,10-12,14-15,22H,2-3,5-6,8-9H2,(H,24,25,26). The second-order valence-electron chi connectivity index (χ2n) is 7.38. The molecule has 0 atom stereocenters. The summed E-state index contributed by atoms with van der Waals surface area (Å²) >= 11 is 1.42. The third kappa shape index (κ3) is 3.91. The molecule has 2 N–H and O–H groups in total. The molecule has 3 aliphatic rings. The van der Waals surface area contributed by atoms with Gasteiger partial charge in [-0.25, -0.2) is 0 Å². The molecule has 1 amide bonds. The van der Waals surface area contributed by atoms with E-state index in [0.29, 0.717) is 10.9 Å². The number of piperidine rings is 1. The number of aromatic nitrogens is 1. The smallest absolute Gasteiger partial charge is 0.264 e. The molecule has 144 valence electrons. The highest BCUT2D eigenvalue weighted by Crippen LogP contribution is 2.32. The number of benzene rings is 1. The number of amidine groups is 1. The van der Waals surface area contributed by atoms with Crippen molar-refractivity contribution in [3.8, 4) is 5.75 Å². The Morgan fingerprint density at radius 2 is 2.04 bits per heavy atom. The molecule has 0 unspecified atom stereocenters. The molecule has 0 radical (unpaired) electrons. The molecular weight excluding hydrogens is 372 g/mol. The highest BCUT2D eigenvalue weighted by Gasteiger charge is 2.28. The Morgan fingerprint density at radius 1 is 1.18 bits per heavy atom.